The van der Waals surface area contributed by atoms with Crippen LogP contribution in [0, 0.1) is 5.92 Å². The standard InChI is InChI=1S/C20H30N2O3/c1-20(2,3)25-19(24)22-12-10-17(11-13-22)18(23)16-8-6-15(7-9-16)14-21(4)5/h6-9,17H,10-14H2,1-5H3. The van der Waals surface area contributed by atoms with Crippen molar-refractivity contribution >= 4 is 11.9 Å². The van der Waals surface area contributed by atoms with Crippen molar-refractivity contribution in [3.8, 4) is 0 Å². The van der Waals surface area contributed by atoms with Crippen LogP contribution in [-0.4, -0.2) is 54.5 Å². The molecule has 2 rings (SSSR count). The number of hydrogen-bond acceptors (Lipinski definition) is 4. The van der Waals surface area contributed by atoms with Crippen molar-refractivity contribution in [1.82, 2.24) is 9.80 Å². The number of amides is 1. The summed E-state index contributed by atoms with van der Waals surface area (Å²) in [7, 11) is 4.05. The van der Waals surface area contributed by atoms with Gasteiger partial charge in [-0.3, -0.25) is 4.79 Å². The number of hydrogen-bond donors (Lipinski definition) is 0. The van der Waals surface area contributed by atoms with Gasteiger partial charge in [0.2, 0.25) is 0 Å². The molecule has 1 saturated heterocycles. The fraction of sp³-hybridized carbons (Fsp3) is 0.600. The van der Waals surface area contributed by atoms with Gasteiger partial charge in [-0.25, -0.2) is 4.79 Å². The number of carbonyl (C=O) groups is 2. The first-order valence-electron chi connectivity index (χ1n) is 8.91. The summed E-state index contributed by atoms with van der Waals surface area (Å²) in [5.74, 6) is 0.165. The number of carbonyl (C=O) groups excluding carboxylic acids is 2. The molecule has 5 nitrogen and oxygen atoms in total. The topological polar surface area (TPSA) is 49.9 Å². The molecule has 1 aromatic rings. The molecule has 5 heteroatoms. The Bertz CT molecular complexity index is 594. The van der Waals surface area contributed by atoms with Gasteiger partial charge >= 0.3 is 6.09 Å². The average Bonchev–Trinajstić information content (AvgIpc) is 2.53. The molecule has 0 unspecified atom stereocenters. The monoisotopic (exact) mass is 346 g/mol. The fourth-order valence-corrected chi connectivity index (χ4v) is 3.03. The summed E-state index contributed by atoms with van der Waals surface area (Å²) in [6.45, 7) is 7.60. The Hall–Kier alpha value is -1.88. The van der Waals surface area contributed by atoms with Gasteiger partial charge in [-0.15, -0.1) is 0 Å². The predicted octanol–water partition coefficient (Wildman–Crippen LogP) is 3.58. The van der Waals surface area contributed by atoms with Crippen molar-refractivity contribution in [3.63, 3.8) is 0 Å². The normalized spacial score (nSPS) is 16.2. The number of ether oxygens (including phenoxy) is 1. The van der Waals surface area contributed by atoms with Crippen LogP contribution in [0.5, 0.6) is 0 Å². The number of rotatable bonds is 4. The third kappa shape index (κ3) is 5.85. The Labute approximate surface area is 150 Å². The van der Waals surface area contributed by atoms with Crippen LogP contribution in [-0.2, 0) is 11.3 Å². The smallest absolute Gasteiger partial charge is 0.410 e. The minimum Gasteiger partial charge on any atom is -0.444 e. The number of nitrogens with zero attached hydrogens (tertiary/aromatic N) is 2. The van der Waals surface area contributed by atoms with E-state index in [1.165, 1.54) is 5.56 Å². The lowest BCUT2D eigenvalue weighted by Crippen LogP contribution is -2.43. The van der Waals surface area contributed by atoms with Crippen LogP contribution < -0.4 is 0 Å². The average molecular weight is 346 g/mol. The van der Waals surface area contributed by atoms with E-state index in [2.05, 4.69) is 4.90 Å². The number of piperidine rings is 1. The molecule has 1 aromatic carbocycles. The Morgan fingerprint density at radius 3 is 2.16 bits per heavy atom. The van der Waals surface area contributed by atoms with Gasteiger partial charge in [0.25, 0.3) is 0 Å². The Morgan fingerprint density at radius 1 is 1.12 bits per heavy atom. The van der Waals surface area contributed by atoms with Crippen LogP contribution in [0.2, 0.25) is 0 Å². The molecule has 138 valence electrons. The summed E-state index contributed by atoms with van der Waals surface area (Å²) < 4.78 is 5.40. The lowest BCUT2D eigenvalue weighted by atomic mass is 9.89. The Balaban J connectivity index is 1.89. The minimum absolute atomic E-state index is 0.0154. The van der Waals surface area contributed by atoms with Crippen molar-refractivity contribution in [1.29, 1.82) is 0 Å². The molecule has 0 N–H and O–H groups in total. The first-order valence-corrected chi connectivity index (χ1v) is 8.91. The van der Waals surface area contributed by atoms with Crippen LogP contribution in [0.1, 0.15) is 49.5 Å². The molecule has 0 saturated carbocycles. The van der Waals surface area contributed by atoms with Crippen LogP contribution in [0.15, 0.2) is 24.3 Å². The molecule has 1 amide bonds. The molecule has 1 heterocycles. The highest BCUT2D eigenvalue weighted by Gasteiger charge is 2.30. The van der Waals surface area contributed by atoms with Crippen LogP contribution >= 0.6 is 0 Å². The highest BCUT2D eigenvalue weighted by atomic mass is 16.6. The summed E-state index contributed by atoms with van der Waals surface area (Å²) >= 11 is 0. The molecule has 0 spiro atoms. The van der Waals surface area contributed by atoms with E-state index in [1.54, 1.807) is 4.90 Å². The first-order chi connectivity index (χ1) is 11.7. The van der Waals surface area contributed by atoms with Crippen LogP contribution in [0.25, 0.3) is 0 Å². The second-order valence-corrected chi connectivity index (χ2v) is 8.04. The van der Waals surface area contributed by atoms with Gasteiger partial charge in [-0.05, 0) is 53.3 Å². The van der Waals surface area contributed by atoms with E-state index in [9.17, 15) is 9.59 Å². The number of likely N-dealkylation sites (tertiary alicyclic amines) is 1. The lowest BCUT2D eigenvalue weighted by molar-refractivity contribution is 0.0182. The van der Waals surface area contributed by atoms with Crippen molar-refractivity contribution in [3.05, 3.63) is 35.4 Å². The largest absolute Gasteiger partial charge is 0.444 e. The molecule has 0 aliphatic carbocycles. The van der Waals surface area contributed by atoms with Crippen LogP contribution in [0.3, 0.4) is 0 Å². The van der Waals surface area contributed by atoms with Gasteiger partial charge in [-0.1, -0.05) is 24.3 Å². The number of Topliss-reactive ketones (excluding diaryl/α,β-unsaturated/α-hetero) is 1. The Morgan fingerprint density at radius 2 is 1.68 bits per heavy atom. The molecular weight excluding hydrogens is 316 g/mol. The van der Waals surface area contributed by atoms with Crippen molar-refractivity contribution in [2.24, 2.45) is 5.92 Å². The van der Waals surface area contributed by atoms with Crippen LogP contribution in [0.4, 0.5) is 4.79 Å². The summed E-state index contributed by atoms with van der Waals surface area (Å²) in [5.41, 5.74) is 1.47. The van der Waals surface area contributed by atoms with E-state index in [0.717, 1.165) is 12.1 Å². The fourth-order valence-electron chi connectivity index (χ4n) is 3.03. The second-order valence-electron chi connectivity index (χ2n) is 8.04. The molecule has 0 bridgehead atoms. The zero-order valence-electron chi connectivity index (χ0n) is 16.0. The molecule has 0 atom stereocenters. The first kappa shape index (κ1) is 19.4. The van der Waals surface area contributed by atoms with E-state index < -0.39 is 5.60 Å². The maximum absolute atomic E-state index is 12.7. The van der Waals surface area contributed by atoms with Gasteiger partial charge in [0.15, 0.2) is 5.78 Å². The highest BCUT2D eigenvalue weighted by molar-refractivity contribution is 5.98. The Kier molecular flexibility index (Phi) is 6.22. The summed E-state index contributed by atoms with van der Waals surface area (Å²) in [6.07, 6.45) is 1.10. The van der Waals surface area contributed by atoms with Gasteiger partial charge in [0.1, 0.15) is 5.60 Å². The predicted molar refractivity (Wildman–Crippen MR) is 98.7 cm³/mol. The SMILES string of the molecule is CN(C)Cc1ccc(C(=O)C2CCN(C(=O)OC(C)(C)C)CC2)cc1. The van der Waals surface area contributed by atoms with Gasteiger partial charge < -0.3 is 14.5 Å². The van der Waals surface area contributed by atoms with Gasteiger partial charge in [0.05, 0.1) is 0 Å². The van der Waals surface area contributed by atoms with Crippen molar-refractivity contribution in [2.75, 3.05) is 27.2 Å². The molecule has 0 radical (unpaired) electrons. The van der Waals surface area contributed by atoms with Crippen molar-refractivity contribution < 1.29 is 14.3 Å². The highest BCUT2D eigenvalue weighted by Crippen LogP contribution is 2.23. The third-order valence-corrected chi connectivity index (χ3v) is 4.25. The molecule has 0 aromatic heterocycles. The summed E-state index contributed by atoms with van der Waals surface area (Å²) in [6, 6.07) is 7.87. The van der Waals surface area contributed by atoms with E-state index in [1.807, 2.05) is 59.1 Å². The molecule has 1 aliphatic rings. The number of ketones is 1. The molecule has 1 fully saturated rings. The molecular formula is C20H30N2O3. The van der Waals surface area contributed by atoms with Crippen molar-refractivity contribution in [2.45, 2.75) is 45.8 Å². The quantitative estimate of drug-likeness (QED) is 0.782. The van der Waals surface area contributed by atoms with Gasteiger partial charge in [-0.2, -0.15) is 0 Å². The maximum Gasteiger partial charge on any atom is 0.410 e. The van der Waals surface area contributed by atoms with E-state index in [0.29, 0.717) is 25.9 Å². The second kappa shape index (κ2) is 8.00. The summed E-state index contributed by atoms with van der Waals surface area (Å²) in [4.78, 5) is 28.6. The maximum atomic E-state index is 12.7. The molecule has 25 heavy (non-hydrogen) atoms. The summed E-state index contributed by atoms with van der Waals surface area (Å²) in [5, 5.41) is 0. The minimum atomic E-state index is -0.488. The third-order valence-electron chi connectivity index (χ3n) is 4.25. The molecule has 1 aliphatic heterocycles. The zero-order valence-corrected chi connectivity index (χ0v) is 16.0. The lowest BCUT2D eigenvalue weighted by Gasteiger charge is -2.33. The van der Waals surface area contributed by atoms with E-state index in [4.69, 9.17) is 4.74 Å². The number of benzene rings is 1. The zero-order chi connectivity index (χ0) is 18.6. The van der Waals surface area contributed by atoms with Gasteiger partial charge in [0, 0.05) is 31.1 Å². The van der Waals surface area contributed by atoms with E-state index in [-0.39, 0.29) is 17.8 Å². The van der Waals surface area contributed by atoms with E-state index >= 15 is 0 Å².